The predicted molar refractivity (Wildman–Crippen MR) is 122 cm³/mol. The minimum atomic E-state index is -1.29. The van der Waals surface area contributed by atoms with Crippen LogP contribution in [0.3, 0.4) is 0 Å². The molecule has 1 aliphatic heterocycles. The van der Waals surface area contributed by atoms with Crippen LogP contribution < -0.4 is 0 Å². The first-order chi connectivity index (χ1) is 15.7. The molecule has 1 N–H and O–H groups in total. The normalized spacial score (nSPS) is 51.0. The summed E-state index contributed by atoms with van der Waals surface area (Å²) in [5.74, 6) is 0.0723. The molecule has 0 amide bonds. The molecule has 0 aromatic heterocycles. The first-order valence-electron chi connectivity index (χ1n) is 13.2. The number of fused-ring (bicyclic) bond motifs is 2. The Morgan fingerprint density at radius 3 is 2.61 bits per heavy atom. The number of carboxylic acid groups (broad SMARTS) is 1. The molecule has 6 aliphatic rings. The predicted octanol–water partition coefficient (Wildman–Crippen LogP) is 3.89. The molecule has 0 radical (unpaired) electrons. The monoisotopic (exact) mass is 457 g/mol. The van der Waals surface area contributed by atoms with E-state index in [1.165, 1.54) is 12.8 Å². The maximum Gasteiger partial charge on any atom is 0.317 e. The summed E-state index contributed by atoms with van der Waals surface area (Å²) in [6.45, 7) is 10.1. The summed E-state index contributed by atoms with van der Waals surface area (Å²) in [6, 6.07) is 0.609. The van der Waals surface area contributed by atoms with Gasteiger partial charge in [0, 0.05) is 25.0 Å². The van der Waals surface area contributed by atoms with Gasteiger partial charge in [0.05, 0.1) is 17.1 Å². The van der Waals surface area contributed by atoms with Crippen LogP contribution in [0.2, 0.25) is 0 Å². The second-order valence-corrected chi connectivity index (χ2v) is 12.4. The number of morpholine rings is 1. The highest BCUT2D eigenvalue weighted by Crippen LogP contribution is 2.80. The Labute approximate surface area is 197 Å². The van der Waals surface area contributed by atoms with Gasteiger partial charge >= 0.3 is 5.97 Å². The van der Waals surface area contributed by atoms with Crippen LogP contribution in [0.1, 0.15) is 66.2 Å². The van der Waals surface area contributed by atoms with Gasteiger partial charge in [-0.1, -0.05) is 38.8 Å². The molecule has 4 bridgehead atoms. The fourth-order valence-corrected chi connectivity index (χ4v) is 9.29. The van der Waals surface area contributed by atoms with Crippen LogP contribution >= 0.6 is 0 Å². The summed E-state index contributed by atoms with van der Waals surface area (Å²) >= 11 is 0. The van der Waals surface area contributed by atoms with Crippen molar-refractivity contribution in [2.75, 3.05) is 13.1 Å². The van der Waals surface area contributed by atoms with Crippen molar-refractivity contribution in [3.8, 4) is 0 Å². The van der Waals surface area contributed by atoms with E-state index in [0.717, 1.165) is 37.7 Å². The fourth-order valence-electron chi connectivity index (χ4n) is 9.29. The van der Waals surface area contributed by atoms with Gasteiger partial charge in [-0.05, 0) is 62.7 Å². The van der Waals surface area contributed by atoms with Crippen molar-refractivity contribution in [2.24, 2.45) is 40.4 Å². The molecule has 0 spiro atoms. The summed E-state index contributed by atoms with van der Waals surface area (Å²) in [5.41, 5.74) is -2.17. The van der Waals surface area contributed by atoms with Gasteiger partial charge in [0.2, 0.25) is 0 Å². The van der Waals surface area contributed by atoms with E-state index < -0.39 is 28.7 Å². The first kappa shape index (κ1) is 22.2. The molecule has 5 fully saturated rings. The number of rotatable bonds is 6. The van der Waals surface area contributed by atoms with Crippen LogP contribution in [-0.2, 0) is 19.1 Å². The maximum absolute atomic E-state index is 13.5. The van der Waals surface area contributed by atoms with Crippen molar-refractivity contribution in [1.29, 1.82) is 0 Å². The van der Waals surface area contributed by atoms with Crippen molar-refractivity contribution in [3.05, 3.63) is 11.6 Å². The average Bonchev–Trinajstić information content (AvgIpc) is 3.47. The number of ether oxygens (including phenoxy) is 2. The van der Waals surface area contributed by atoms with E-state index >= 15 is 0 Å². The molecule has 6 rings (SSSR count). The number of aliphatic carboxylic acids is 1. The van der Waals surface area contributed by atoms with Crippen molar-refractivity contribution in [1.82, 2.24) is 4.90 Å². The van der Waals surface area contributed by atoms with Crippen molar-refractivity contribution < 1.29 is 24.2 Å². The van der Waals surface area contributed by atoms with Crippen molar-refractivity contribution in [2.45, 2.75) is 90.3 Å². The zero-order chi connectivity index (χ0) is 23.3. The third-order valence-corrected chi connectivity index (χ3v) is 10.5. The molecule has 9 atom stereocenters. The van der Waals surface area contributed by atoms with E-state index in [1.807, 2.05) is 0 Å². The van der Waals surface area contributed by atoms with Crippen LogP contribution in [0.4, 0.5) is 0 Å². The standard InChI is InChI=1S/C27H39NO5/c1-15(2)22-9-18-10-25(14-29)21-8-5-16(3)20(21)11-26(18,27(22,25)24(30)31)33-23-13-28(19-6-7-19)12-17(4)32-23/h9,14-21,23H,5-8,10-13H2,1-4H3,(H,30,31)/t16-,17-,18+,20-,21-,23+,25+,26+,27+/m1/s1. The zero-order valence-electron chi connectivity index (χ0n) is 20.5. The first-order valence-corrected chi connectivity index (χ1v) is 13.2. The van der Waals surface area contributed by atoms with Crippen LogP contribution in [0.15, 0.2) is 11.6 Å². The van der Waals surface area contributed by atoms with Crippen LogP contribution in [0, 0.1) is 40.4 Å². The molecule has 5 aliphatic carbocycles. The lowest BCUT2D eigenvalue weighted by atomic mass is 9.45. The Hall–Kier alpha value is -1.24. The highest BCUT2D eigenvalue weighted by atomic mass is 16.7. The van der Waals surface area contributed by atoms with Gasteiger partial charge < -0.3 is 19.4 Å². The number of carboxylic acids is 1. The lowest BCUT2D eigenvalue weighted by Gasteiger charge is -2.58. The van der Waals surface area contributed by atoms with Gasteiger partial charge in [-0.3, -0.25) is 9.69 Å². The molecule has 0 aromatic rings. The Bertz CT molecular complexity index is 897. The molecule has 1 saturated heterocycles. The van der Waals surface area contributed by atoms with Gasteiger partial charge in [-0.25, -0.2) is 0 Å². The lowest BCUT2D eigenvalue weighted by molar-refractivity contribution is -0.293. The third-order valence-electron chi connectivity index (χ3n) is 10.5. The largest absolute Gasteiger partial charge is 0.480 e. The molecule has 33 heavy (non-hydrogen) atoms. The molecule has 4 saturated carbocycles. The number of carbonyl (C=O) groups is 2. The van der Waals surface area contributed by atoms with E-state index in [2.05, 4.69) is 38.7 Å². The average molecular weight is 458 g/mol. The van der Waals surface area contributed by atoms with Crippen LogP contribution in [-0.4, -0.2) is 59.4 Å². The lowest BCUT2D eigenvalue weighted by Crippen LogP contribution is -2.67. The molecule has 6 heteroatoms. The third kappa shape index (κ3) is 2.61. The second-order valence-electron chi connectivity index (χ2n) is 12.4. The zero-order valence-corrected chi connectivity index (χ0v) is 20.5. The van der Waals surface area contributed by atoms with Crippen molar-refractivity contribution >= 4 is 12.3 Å². The number of nitrogens with zero attached hydrogens (tertiary/aromatic N) is 1. The van der Waals surface area contributed by atoms with Crippen molar-refractivity contribution in [3.63, 3.8) is 0 Å². The van der Waals surface area contributed by atoms with E-state index in [4.69, 9.17) is 9.47 Å². The molecule has 0 unspecified atom stereocenters. The Morgan fingerprint density at radius 2 is 1.97 bits per heavy atom. The van der Waals surface area contributed by atoms with E-state index in [9.17, 15) is 14.7 Å². The smallest absolute Gasteiger partial charge is 0.317 e. The fraction of sp³-hybridized carbons (Fsp3) is 0.852. The molecule has 6 nitrogen and oxygen atoms in total. The molecular formula is C27H39NO5. The van der Waals surface area contributed by atoms with Gasteiger partial charge in [-0.2, -0.15) is 0 Å². The quantitative estimate of drug-likeness (QED) is 0.482. The van der Waals surface area contributed by atoms with Crippen LogP contribution in [0.5, 0.6) is 0 Å². The summed E-state index contributed by atoms with van der Waals surface area (Å²) in [6.07, 6.45) is 8.62. The van der Waals surface area contributed by atoms with Gasteiger partial charge in [-0.15, -0.1) is 0 Å². The molecular weight excluding hydrogens is 418 g/mol. The molecule has 1 heterocycles. The van der Waals surface area contributed by atoms with E-state index in [0.29, 0.717) is 30.8 Å². The number of hydrogen-bond donors (Lipinski definition) is 1. The number of carbonyl (C=O) groups excluding carboxylic acids is 1. The maximum atomic E-state index is 13.5. The highest BCUT2D eigenvalue weighted by Gasteiger charge is 2.85. The summed E-state index contributed by atoms with van der Waals surface area (Å²) in [7, 11) is 0. The highest BCUT2D eigenvalue weighted by molar-refractivity contribution is 5.91. The van der Waals surface area contributed by atoms with Crippen LogP contribution in [0.25, 0.3) is 0 Å². The summed E-state index contributed by atoms with van der Waals surface area (Å²) in [5, 5.41) is 11.1. The summed E-state index contributed by atoms with van der Waals surface area (Å²) in [4.78, 5) is 29.1. The van der Waals surface area contributed by atoms with E-state index in [-0.39, 0.29) is 23.9 Å². The Balaban J connectivity index is 1.48. The number of hydrogen-bond acceptors (Lipinski definition) is 5. The molecule has 0 aromatic carbocycles. The molecule has 182 valence electrons. The van der Waals surface area contributed by atoms with Gasteiger partial charge in [0.1, 0.15) is 11.7 Å². The van der Waals surface area contributed by atoms with E-state index in [1.54, 1.807) is 0 Å². The SMILES string of the molecule is CC(C)C1=C[C@H]2C[C@]3(C=O)[C@@H]4CC[C@@H](C)[C@H]4C[C@@]2(O[C@H]2CN(C4CC4)C[C@@H](C)O2)[C@]13C(=O)O. The Kier molecular flexibility index (Phi) is 4.81. The topological polar surface area (TPSA) is 76.1 Å². The van der Waals surface area contributed by atoms with Gasteiger partial charge in [0.25, 0.3) is 0 Å². The number of aldehydes is 1. The minimum Gasteiger partial charge on any atom is -0.480 e. The summed E-state index contributed by atoms with van der Waals surface area (Å²) < 4.78 is 13.4. The van der Waals surface area contributed by atoms with Gasteiger partial charge in [0.15, 0.2) is 6.29 Å². The Morgan fingerprint density at radius 1 is 1.21 bits per heavy atom. The second kappa shape index (κ2) is 7.14. The minimum absolute atomic E-state index is 0.0516.